The van der Waals surface area contributed by atoms with Crippen molar-refractivity contribution in [2.75, 3.05) is 45.9 Å². The van der Waals surface area contributed by atoms with E-state index in [1.54, 1.807) is 0 Å². The Morgan fingerprint density at radius 1 is 1.26 bits per heavy atom. The van der Waals surface area contributed by atoms with Crippen LogP contribution in [0.3, 0.4) is 0 Å². The van der Waals surface area contributed by atoms with E-state index >= 15 is 0 Å². The van der Waals surface area contributed by atoms with Gasteiger partial charge >= 0.3 is 0 Å². The maximum absolute atomic E-state index is 5.71. The number of ether oxygens (including phenoxy) is 1. The van der Waals surface area contributed by atoms with Crippen LogP contribution >= 0.6 is 0 Å². The van der Waals surface area contributed by atoms with Crippen LogP contribution < -0.4 is 5.32 Å². The van der Waals surface area contributed by atoms with Gasteiger partial charge in [0.1, 0.15) is 0 Å². The van der Waals surface area contributed by atoms with Crippen molar-refractivity contribution in [2.24, 2.45) is 11.3 Å². The molecule has 1 N–H and O–H groups in total. The summed E-state index contributed by atoms with van der Waals surface area (Å²) in [6.45, 7) is 12.6. The maximum atomic E-state index is 5.71. The minimum atomic E-state index is 0.383. The summed E-state index contributed by atoms with van der Waals surface area (Å²) >= 11 is 0. The maximum Gasteiger partial charge on any atom is 0.0547 e. The monoisotopic (exact) mass is 268 g/mol. The molecule has 1 atom stereocenters. The van der Waals surface area contributed by atoms with Crippen LogP contribution in [-0.2, 0) is 4.74 Å². The predicted octanol–water partition coefficient (Wildman–Crippen LogP) is 2.51. The summed E-state index contributed by atoms with van der Waals surface area (Å²) < 4.78 is 5.71. The zero-order chi connectivity index (χ0) is 13.6. The van der Waals surface area contributed by atoms with Crippen LogP contribution in [0.25, 0.3) is 0 Å². The van der Waals surface area contributed by atoms with Gasteiger partial charge in [-0.3, -0.25) is 0 Å². The lowest BCUT2D eigenvalue weighted by Gasteiger charge is -2.38. The van der Waals surface area contributed by atoms with Crippen LogP contribution in [0, 0.1) is 11.3 Å². The van der Waals surface area contributed by atoms with Gasteiger partial charge in [-0.2, -0.15) is 0 Å². The fraction of sp³-hybridized carbons (Fsp3) is 1.00. The van der Waals surface area contributed by atoms with Gasteiger partial charge in [-0.1, -0.05) is 20.3 Å². The molecule has 2 rings (SSSR count). The summed E-state index contributed by atoms with van der Waals surface area (Å²) in [5.74, 6) is 0.977. The predicted molar refractivity (Wildman–Crippen MR) is 80.5 cm³/mol. The van der Waals surface area contributed by atoms with Crippen molar-refractivity contribution in [1.29, 1.82) is 0 Å². The highest BCUT2D eigenvalue weighted by Gasteiger charge is 2.36. The highest BCUT2D eigenvalue weighted by Crippen LogP contribution is 2.31. The normalized spacial score (nSPS) is 30.0. The molecule has 0 aromatic carbocycles. The van der Waals surface area contributed by atoms with E-state index in [1.807, 2.05) is 0 Å². The van der Waals surface area contributed by atoms with Gasteiger partial charge in [0.15, 0.2) is 0 Å². The first kappa shape index (κ1) is 15.3. The van der Waals surface area contributed by atoms with Gasteiger partial charge in [0, 0.05) is 25.1 Å². The Morgan fingerprint density at radius 2 is 2.05 bits per heavy atom. The van der Waals surface area contributed by atoms with E-state index < -0.39 is 0 Å². The highest BCUT2D eigenvalue weighted by molar-refractivity contribution is 4.89. The summed E-state index contributed by atoms with van der Waals surface area (Å²) in [7, 11) is 0. The van der Waals surface area contributed by atoms with Gasteiger partial charge in [0.2, 0.25) is 0 Å². The molecule has 2 aliphatic heterocycles. The fourth-order valence-electron chi connectivity index (χ4n) is 3.53. The van der Waals surface area contributed by atoms with Crippen LogP contribution in [0.5, 0.6) is 0 Å². The molecule has 2 saturated heterocycles. The second-order valence-electron chi connectivity index (χ2n) is 6.61. The molecule has 0 radical (unpaired) electrons. The first-order chi connectivity index (χ1) is 9.28. The zero-order valence-corrected chi connectivity index (χ0v) is 12.9. The molecule has 3 nitrogen and oxygen atoms in total. The van der Waals surface area contributed by atoms with E-state index in [1.165, 1.54) is 51.7 Å². The summed E-state index contributed by atoms with van der Waals surface area (Å²) in [5.41, 5.74) is 0.383. The van der Waals surface area contributed by atoms with Gasteiger partial charge in [0.25, 0.3) is 0 Å². The van der Waals surface area contributed by atoms with Crippen molar-refractivity contribution in [1.82, 2.24) is 10.2 Å². The lowest BCUT2D eigenvalue weighted by Crippen LogP contribution is -2.47. The minimum Gasteiger partial charge on any atom is -0.381 e. The molecule has 3 heteroatoms. The van der Waals surface area contributed by atoms with Gasteiger partial charge in [-0.25, -0.2) is 0 Å². The smallest absolute Gasteiger partial charge is 0.0547 e. The third-order valence-electron chi connectivity index (χ3n) is 4.96. The molecule has 2 heterocycles. The topological polar surface area (TPSA) is 24.5 Å². The molecule has 0 aliphatic carbocycles. The SMILES string of the molecule is CCCNCC1(CN2CCC(CC)CC2)CCOC1. The average Bonchev–Trinajstić information content (AvgIpc) is 2.89. The van der Waals surface area contributed by atoms with Gasteiger partial charge in [-0.15, -0.1) is 0 Å². The molecule has 0 amide bonds. The number of hydrogen-bond donors (Lipinski definition) is 1. The quantitative estimate of drug-likeness (QED) is 0.718. The van der Waals surface area contributed by atoms with Crippen molar-refractivity contribution in [3.63, 3.8) is 0 Å². The Kier molecular flexibility index (Phi) is 6.11. The molecule has 2 aliphatic rings. The molecule has 0 spiro atoms. The number of piperidine rings is 1. The Balaban J connectivity index is 1.80. The fourth-order valence-corrected chi connectivity index (χ4v) is 3.53. The highest BCUT2D eigenvalue weighted by atomic mass is 16.5. The summed E-state index contributed by atoms with van der Waals surface area (Å²) in [6, 6.07) is 0. The molecule has 0 bridgehead atoms. The van der Waals surface area contributed by atoms with Gasteiger partial charge < -0.3 is 15.0 Å². The molecule has 112 valence electrons. The van der Waals surface area contributed by atoms with E-state index in [0.29, 0.717) is 5.41 Å². The Labute approximate surface area is 119 Å². The Bertz CT molecular complexity index is 243. The van der Waals surface area contributed by atoms with Crippen molar-refractivity contribution in [3.05, 3.63) is 0 Å². The first-order valence-electron chi connectivity index (χ1n) is 8.29. The molecule has 2 fully saturated rings. The molecule has 0 saturated carbocycles. The number of nitrogens with one attached hydrogen (secondary N) is 1. The van der Waals surface area contributed by atoms with Crippen molar-refractivity contribution < 1.29 is 4.74 Å². The molecule has 0 aromatic rings. The van der Waals surface area contributed by atoms with Crippen LogP contribution in [0.15, 0.2) is 0 Å². The Hall–Kier alpha value is -0.120. The molecule has 1 unspecified atom stereocenters. The lowest BCUT2D eigenvalue weighted by atomic mass is 9.85. The Morgan fingerprint density at radius 3 is 2.63 bits per heavy atom. The van der Waals surface area contributed by atoms with E-state index in [9.17, 15) is 0 Å². The van der Waals surface area contributed by atoms with Crippen molar-refractivity contribution in [3.8, 4) is 0 Å². The third kappa shape index (κ3) is 4.44. The van der Waals surface area contributed by atoms with Crippen LogP contribution in [0.1, 0.15) is 46.0 Å². The molecule has 0 aromatic heterocycles. The number of nitrogens with zero attached hydrogens (tertiary/aromatic N) is 1. The van der Waals surface area contributed by atoms with E-state index in [-0.39, 0.29) is 0 Å². The van der Waals surface area contributed by atoms with E-state index in [2.05, 4.69) is 24.1 Å². The number of rotatable bonds is 7. The third-order valence-corrected chi connectivity index (χ3v) is 4.96. The summed E-state index contributed by atoms with van der Waals surface area (Å²) in [6.07, 6.45) is 6.61. The van der Waals surface area contributed by atoms with Gasteiger partial charge in [-0.05, 0) is 51.2 Å². The van der Waals surface area contributed by atoms with Crippen LogP contribution in [-0.4, -0.2) is 50.8 Å². The molecular weight excluding hydrogens is 236 g/mol. The molecular formula is C16H32N2O. The number of hydrogen-bond acceptors (Lipinski definition) is 3. The van der Waals surface area contributed by atoms with Crippen molar-refractivity contribution in [2.45, 2.75) is 46.0 Å². The van der Waals surface area contributed by atoms with Gasteiger partial charge in [0.05, 0.1) is 6.61 Å². The number of likely N-dealkylation sites (tertiary alicyclic amines) is 1. The zero-order valence-electron chi connectivity index (χ0n) is 12.9. The second kappa shape index (κ2) is 7.61. The largest absolute Gasteiger partial charge is 0.381 e. The minimum absolute atomic E-state index is 0.383. The molecule has 19 heavy (non-hydrogen) atoms. The second-order valence-corrected chi connectivity index (χ2v) is 6.61. The first-order valence-corrected chi connectivity index (χ1v) is 8.29. The van der Waals surface area contributed by atoms with E-state index in [0.717, 1.165) is 32.2 Å². The standard InChI is InChI=1S/C16H32N2O/c1-3-8-17-12-16(7-11-19-14-16)13-18-9-5-15(4-2)6-10-18/h15,17H,3-14H2,1-2H3. The average molecular weight is 268 g/mol. The van der Waals surface area contributed by atoms with Crippen LogP contribution in [0.2, 0.25) is 0 Å². The lowest BCUT2D eigenvalue weighted by molar-refractivity contribution is 0.0867. The summed E-state index contributed by atoms with van der Waals surface area (Å²) in [4.78, 5) is 2.69. The van der Waals surface area contributed by atoms with Crippen LogP contribution in [0.4, 0.5) is 0 Å². The van der Waals surface area contributed by atoms with Crippen molar-refractivity contribution >= 4 is 0 Å². The van der Waals surface area contributed by atoms with E-state index in [4.69, 9.17) is 4.74 Å². The summed E-state index contributed by atoms with van der Waals surface area (Å²) in [5, 5.41) is 3.62.